The van der Waals surface area contributed by atoms with Gasteiger partial charge in [-0.2, -0.15) is 18.2 Å². The minimum Gasteiger partial charge on any atom is -0.481 e. The van der Waals surface area contributed by atoms with Crippen LogP contribution in [0.3, 0.4) is 0 Å². The van der Waals surface area contributed by atoms with Crippen molar-refractivity contribution in [3.63, 3.8) is 0 Å². The van der Waals surface area contributed by atoms with Crippen molar-refractivity contribution >= 4 is 23.4 Å². The van der Waals surface area contributed by atoms with Gasteiger partial charge in [-0.25, -0.2) is 9.97 Å². The number of pyridine rings is 1. The second kappa shape index (κ2) is 15.0. The number of aromatic nitrogens is 3. The summed E-state index contributed by atoms with van der Waals surface area (Å²) in [5.41, 5.74) is 3.61. The molecule has 7 rings (SSSR count). The van der Waals surface area contributed by atoms with Crippen LogP contribution < -0.4 is 25.4 Å². The van der Waals surface area contributed by atoms with E-state index in [-0.39, 0.29) is 30.1 Å². The summed E-state index contributed by atoms with van der Waals surface area (Å²) in [4.78, 5) is 24.6. The van der Waals surface area contributed by atoms with Crippen molar-refractivity contribution in [2.45, 2.75) is 88.4 Å². The summed E-state index contributed by atoms with van der Waals surface area (Å²) in [5.74, 6) is -1.28. The zero-order chi connectivity index (χ0) is 38.4. The molecular weight excluding hydrogens is 725 g/mol. The summed E-state index contributed by atoms with van der Waals surface area (Å²) in [6, 6.07) is 14.0. The number of carboxylic acids is 1. The fourth-order valence-corrected chi connectivity index (χ4v) is 7.94. The second-order valence-electron chi connectivity index (χ2n) is 14.5. The van der Waals surface area contributed by atoms with Gasteiger partial charge in [0.2, 0.25) is 11.8 Å². The largest absolute Gasteiger partial charge is 0.481 e. The molecule has 0 bridgehead atoms. The number of nitrogens with zero attached hydrogens (tertiary/aromatic N) is 3. The number of halogens is 4. The summed E-state index contributed by atoms with van der Waals surface area (Å²) in [6.45, 7) is 2.11. The highest BCUT2D eigenvalue weighted by molar-refractivity contribution is 6.36. The number of carbonyl (C=O) groups is 1. The Morgan fingerprint density at radius 2 is 1.67 bits per heavy atom. The van der Waals surface area contributed by atoms with Crippen LogP contribution in [0.4, 0.5) is 19.0 Å². The number of nitrogens with one attached hydrogen (secondary N) is 3. The number of aliphatic hydroxyl groups is 1. The van der Waals surface area contributed by atoms with E-state index in [0.717, 1.165) is 40.7 Å². The van der Waals surface area contributed by atoms with E-state index in [1.54, 1.807) is 7.11 Å². The second-order valence-corrected chi connectivity index (χ2v) is 14.9. The molecule has 15 heteroatoms. The van der Waals surface area contributed by atoms with Crippen LogP contribution in [0.2, 0.25) is 5.02 Å². The highest BCUT2D eigenvalue weighted by Crippen LogP contribution is 2.45. The molecule has 2 aromatic carbocycles. The minimum atomic E-state index is -4.85. The molecule has 2 saturated carbocycles. The zero-order valence-corrected chi connectivity index (χ0v) is 30.8. The normalized spacial score (nSPS) is 21.3. The van der Waals surface area contributed by atoms with E-state index in [2.05, 4.69) is 25.9 Å². The summed E-state index contributed by atoms with van der Waals surface area (Å²) in [6.07, 6.45) is -0.953. The van der Waals surface area contributed by atoms with Gasteiger partial charge < -0.3 is 30.3 Å². The number of anilines is 1. The molecule has 0 saturated heterocycles. The van der Waals surface area contributed by atoms with Gasteiger partial charge in [0.05, 0.1) is 36.6 Å². The van der Waals surface area contributed by atoms with E-state index in [1.165, 1.54) is 7.11 Å². The standard InChI is InChI=1S/C39H42ClF3N6O5/c1-38(52)16-22(17-38)44-18-21-12-14-29(48-35(21)53-2)27-9-5-8-26(31(27)40)23-6-4-7-25-24(23)13-15-28(25)47-34-33(39(41,42)43)46-30(36(49-34)54-3)19-45-32(37(50)51)20-10-11-20/h4-9,12,14,20,22,28,32,44-45,52H,10-11,13,15-19H2,1-3H3,(H,47,49)(H,50,51)/t22?,28-,32?,38?/m0/s1. The molecule has 2 aromatic heterocycles. The molecule has 2 fully saturated rings. The lowest BCUT2D eigenvalue weighted by atomic mass is 9.77. The van der Waals surface area contributed by atoms with E-state index < -0.39 is 41.3 Å². The van der Waals surface area contributed by atoms with E-state index in [9.17, 15) is 28.2 Å². The van der Waals surface area contributed by atoms with Crippen LogP contribution in [-0.2, 0) is 30.5 Å². The maximum absolute atomic E-state index is 14.5. The van der Waals surface area contributed by atoms with Gasteiger partial charge in [-0.05, 0) is 74.1 Å². The third-order valence-electron chi connectivity index (χ3n) is 10.5. The number of fused-ring (bicyclic) bond motifs is 1. The van der Waals surface area contributed by atoms with E-state index in [4.69, 9.17) is 26.1 Å². The molecule has 5 N–H and O–H groups in total. The van der Waals surface area contributed by atoms with Crippen LogP contribution in [0, 0.1) is 5.92 Å². The van der Waals surface area contributed by atoms with Gasteiger partial charge in [-0.15, -0.1) is 0 Å². The first-order valence-corrected chi connectivity index (χ1v) is 18.3. The molecule has 54 heavy (non-hydrogen) atoms. The van der Waals surface area contributed by atoms with Gasteiger partial charge >= 0.3 is 12.1 Å². The molecule has 0 spiro atoms. The Kier molecular flexibility index (Phi) is 10.5. The number of aliphatic carboxylic acids is 1. The third-order valence-corrected chi connectivity index (χ3v) is 10.9. The average Bonchev–Trinajstić information content (AvgIpc) is 3.88. The number of methoxy groups -OCH3 is 2. The molecule has 2 heterocycles. The van der Waals surface area contributed by atoms with Crippen molar-refractivity contribution in [1.82, 2.24) is 25.6 Å². The zero-order valence-electron chi connectivity index (χ0n) is 30.1. The molecule has 3 aliphatic carbocycles. The van der Waals surface area contributed by atoms with Gasteiger partial charge in [0.15, 0.2) is 11.5 Å². The summed E-state index contributed by atoms with van der Waals surface area (Å²) < 4.78 is 54.3. The highest BCUT2D eigenvalue weighted by Gasteiger charge is 2.41. The predicted molar refractivity (Wildman–Crippen MR) is 196 cm³/mol. The summed E-state index contributed by atoms with van der Waals surface area (Å²) in [7, 11) is 2.85. The fourth-order valence-electron chi connectivity index (χ4n) is 7.61. The Labute approximate surface area is 315 Å². The van der Waals surface area contributed by atoms with Gasteiger partial charge in [0, 0.05) is 35.8 Å². The first kappa shape index (κ1) is 37.8. The predicted octanol–water partition coefficient (Wildman–Crippen LogP) is 6.95. The Morgan fingerprint density at radius 3 is 2.33 bits per heavy atom. The maximum Gasteiger partial charge on any atom is 0.437 e. The number of alkyl halides is 3. The van der Waals surface area contributed by atoms with Crippen LogP contribution in [0.25, 0.3) is 22.4 Å². The molecule has 3 aliphatic rings. The van der Waals surface area contributed by atoms with E-state index in [1.807, 2.05) is 55.5 Å². The first-order valence-electron chi connectivity index (χ1n) is 17.9. The number of carboxylic acid groups (broad SMARTS) is 1. The summed E-state index contributed by atoms with van der Waals surface area (Å²) >= 11 is 7.11. The lowest BCUT2D eigenvalue weighted by Gasteiger charge is -2.41. The van der Waals surface area contributed by atoms with Crippen molar-refractivity contribution in [2.24, 2.45) is 5.92 Å². The van der Waals surface area contributed by atoms with Crippen LogP contribution >= 0.6 is 11.6 Å². The molecule has 1 unspecified atom stereocenters. The van der Waals surface area contributed by atoms with Crippen LogP contribution in [0.5, 0.6) is 11.8 Å². The van der Waals surface area contributed by atoms with Crippen LogP contribution in [0.15, 0.2) is 48.5 Å². The van der Waals surface area contributed by atoms with Crippen LogP contribution in [0.1, 0.15) is 73.1 Å². The lowest BCUT2D eigenvalue weighted by Crippen LogP contribution is -2.51. The van der Waals surface area contributed by atoms with Gasteiger partial charge in [-0.1, -0.05) is 54.1 Å². The minimum absolute atomic E-state index is 0.0773. The molecule has 0 aliphatic heterocycles. The number of benzene rings is 2. The lowest BCUT2D eigenvalue weighted by molar-refractivity contribution is -0.141. The van der Waals surface area contributed by atoms with E-state index in [0.29, 0.717) is 54.4 Å². The Bertz CT molecular complexity index is 2050. The highest BCUT2D eigenvalue weighted by atomic mass is 35.5. The van der Waals surface area contributed by atoms with Crippen molar-refractivity contribution in [3.8, 4) is 34.1 Å². The Balaban J connectivity index is 1.13. The molecule has 286 valence electrons. The number of hydrogen-bond donors (Lipinski definition) is 5. The van der Waals surface area contributed by atoms with Crippen molar-refractivity contribution in [3.05, 3.63) is 81.6 Å². The molecule has 11 nitrogen and oxygen atoms in total. The molecule has 2 atom stereocenters. The average molecular weight is 767 g/mol. The SMILES string of the molecule is COc1nc(-c2cccc(-c3cccc4c3CC[C@@H]4Nc3nc(OC)c(CNC(C(=O)O)C4CC4)nc3C(F)(F)F)c2Cl)ccc1CNC1CC(C)(O)C1. The van der Waals surface area contributed by atoms with Crippen molar-refractivity contribution in [2.75, 3.05) is 19.5 Å². The molecular formula is C39H42ClF3N6O5. The Morgan fingerprint density at radius 1 is 0.963 bits per heavy atom. The van der Waals surface area contributed by atoms with Crippen molar-refractivity contribution < 1.29 is 37.7 Å². The quantitative estimate of drug-likeness (QED) is 0.0908. The topological polar surface area (TPSA) is 151 Å². The maximum atomic E-state index is 14.5. The fraction of sp³-hybridized carbons (Fsp3) is 0.436. The number of hydrogen-bond acceptors (Lipinski definition) is 10. The Hall–Kier alpha value is -4.50. The molecule has 0 radical (unpaired) electrons. The van der Waals surface area contributed by atoms with Crippen LogP contribution in [-0.4, -0.2) is 63.0 Å². The molecule has 0 amide bonds. The van der Waals surface area contributed by atoms with E-state index >= 15 is 0 Å². The number of ether oxygens (including phenoxy) is 2. The molecule has 4 aromatic rings. The first-order chi connectivity index (χ1) is 25.8. The van der Waals surface area contributed by atoms with Gasteiger partial charge in [0.25, 0.3) is 0 Å². The monoisotopic (exact) mass is 766 g/mol. The van der Waals surface area contributed by atoms with Crippen molar-refractivity contribution in [1.29, 1.82) is 0 Å². The van der Waals surface area contributed by atoms with Gasteiger partial charge in [-0.3, -0.25) is 10.1 Å². The van der Waals surface area contributed by atoms with Gasteiger partial charge in [0.1, 0.15) is 11.7 Å². The third kappa shape index (κ3) is 7.83. The summed E-state index contributed by atoms with van der Waals surface area (Å²) in [5, 5.41) is 29.4. The number of rotatable bonds is 14. The smallest absolute Gasteiger partial charge is 0.437 e.